The van der Waals surface area contributed by atoms with Crippen molar-refractivity contribution in [3.63, 3.8) is 0 Å². The summed E-state index contributed by atoms with van der Waals surface area (Å²) in [6, 6.07) is 17.8. The van der Waals surface area contributed by atoms with Gasteiger partial charge in [0.25, 0.3) is 0 Å². The number of amides is 2. The van der Waals surface area contributed by atoms with Crippen LogP contribution in [-0.2, 0) is 9.59 Å². The van der Waals surface area contributed by atoms with E-state index in [1.165, 1.54) is 13.2 Å². The van der Waals surface area contributed by atoms with Gasteiger partial charge >= 0.3 is 11.8 Å². The summed E-state index contributed by atoms with van der Waals surface area (Å²) >= 11 is 6.01. The summed E-state index contributed by atoms with van der Waals surface area (Å²) in [4.78, 5) is 24.3. The van der Waals surface area contributed by atoms with Gasteiger partial charge < -0.3 is 15.4 Å². The van der Waals surface area contributed by atoms with E-state index in [2.05, 4.69) is 10.6 Å². The van der Waals surface area contributed by atoms with Crippen LogP contribution in [0, 0.1) is 0 Å². The first-order chi connectivity index (χ1) is 12.1. The molecule has 6 heteroatoms. The van der Waals surface area contributed by atoms with Crippen LogP contribution in [0.2, 0.25) is 5.02 Å². The number of hydrogen-bond donors (Lipinski definition) is 2. The van der Waals surface area contributed by atoms with E-state index in [-0.39, 0.29) is 0 Å². The topological polar surface area (TPSA) is 67.4 Å². The number of benzene rings is 3. The van der Waals surface area contributed by atoms with Crippen LogP contribution in [0.25, 0.3) is 10.8 Å². The predicted molar refractivity (Wildman–Crippen MR) is 99.2 cm³/mol. The number of fused-ring (bicyclic) bond motifs is 1. The van der Waals surface area contributed by atoms with E-state index < -0.39 is 11.8 Å². The minimum absolute atomic E-state index is 0.342. The van der Waals surface area contributed by atoms with Crippen LogP contribution in [-0.4, -0.2) is 18.9 Å². The van der Waals surface area contributed by atoms with Crippen LogP contribution in [0.5, 0.6) is 5.75 Å². The Bertz CT molecular complexity index is 951. The molecule has 5 nitrogen and oxygen atoms in total. The number of anilines is 2. The standard InChI is InChI=1S/C19H15ClN2O3/c1-25-17-10-9-13(11-15(17)20)21-18(23)19(24)22-16-8-4-6-12-5-2-3-7-14(12)16/h2-11H,1H3,(H,21,23)(H,22,24). The molecule has 0 aliphatic carbocycles. The van der Waals surface area contributed by atoms with Gasteiger partial charge in [0.2, 0.25) is 0 Å². The highest BCUT2D eigenvalue weighted by molar-refractivity contribution is 6.44. The van der Waals surface area contributed by atoms with Crippen LogP contribution in [0.3, 0.4) is 0 Å². The molecule has 2 N–H and O–H groups in total. The fourth-order valence-electron chi connectivity index (χ4n) is 2.45. The van der Waals surface area contributed by atoms with E-state index >= 15 is 0 Å². The normalized spacial score (nSPS) is 10.3. The minimum Gasteiger partial charge on any atom is -0.495 e. The lowest BCUT2D eigenvalue weighted by molar-refractivity contribution is -0.132. The van der Waals surface area contributed by atoms with Gasteiger partial charge in [-0.1, -0.05) is 48.0 Å². The molecule has 0 saturated heterocycles. The monoisotopic (exact) mass is 354 g/mol. The summed E-state index contributed by atoms with van der Waals surface area (Å²) in [6.45, 7) is 0. The zero-order chi connectivity index (χ0) is 17.8. The van der Waals surface area contributed by atoms with Crippen LogP contribution in [0.15, 0.2) is 60.7 Å². The largest absolute Gasteiger partial charge is 0.495 e. The zero-order valence-electron chi connectivity index (χ0n) is 13.4. The molecule has 0 bridgehead atoms. The Kier molecular flexibility index (Phi) is 4.86. The van der Waals surface area contributed by atoms with E-state index in [0.717, 1.165) is 10.8 Å². The SMILES string of the molecule is COc1ccc(NC(=O)C(=O)Nc2cccc3ccccc23)cc1Cl. The molecule has 2 amide bonds. The van der Waals surface area contributed by atoms with Crippen molar-refractivity contribution in [3.05, 3.63) is 65.7 Å². The Labute approximate surface area is 149 Å². The molecule has 3 rings (SSSR count). The van der Waals surface area contributed by atoms with E-state index in [9.17, 15) is 9.59 Å². The van der Waals surface area contributed by atoms with Crippen LogP contribution in [0.1, 0.15) is 0 Å². The number of hydrogen-bond acceptors (Lipinski definition) is 3. The molecule has 0 spiro atoms. The summed E-state index contributed by atoms with van der Waals surface area (Å²) in [6.07, 6.45) is 0. The Morgan fingerprint density at radius 2 is 1.64 bits per heavy atom. The summed E-state index contributed by atoms with van der Waals surface area (Å²) in [5.74, 6) is -1.06. The summed E-state index contributed by atoms with van der Waals surface area (Å²) in [5, 5.41) is 7.32. The number of halogens is 1. The second-order valence-corrected chi connectivity index (χ2v) is 5.69. The van der Waals surface area contributed by atoms with Gasteiger partial charge in [-0.2, -0.15) is 0 Å². The predicted octanol–water partition coefficient (Wildman–Crippen LogP) is 4.08. The highest BCUT2D eigenvalue weighted by Gasteiger charge is 2.15. The van der Waals surface area contributed by atoms with Gasteiger partial charge in [-0.25, -0.2) is 0 Å². The molecule has 126 valence electrons. The Morgan fingerprint density at radius 1 is 0.920 bits per heavy atom. The molecular weight excluding hydrogens is 340 g/mol. The first-order valence-electron chi connectivity index (χ1n) is 7.52. The van der Waals surface area contributed by atoms with Gasteiger partial charge in [-0.05, 0) is 29.7 Å². The van der Waals surface area contributed by atoms with E-state index in [0.29, 0.717) is 22.1 Å². The van der Waals surface area contributed by atoms with Gasteiger partial charge in [0.1, 0.15) is 5.75 Å². The fraction of sp³-hybridized carbons (Fsp3) is 0.0526. The minimum atomic E-state index is -0.783. The fourth-order valence-corrected chi connectivity index (χ4v) is 2.70. The van der Waals surface area contributed by atoms with Crippen molar-refractivity contribution in [2.24, 2.45) is 0 Å². The number of rotatable bonds is 3. The summed E-state index contributed by atoms with van der Waals surface area (Å²) in [7, 11) is 1.50. The van der Waals surface area contributed by atoms with E-state index in [1.807, 2.05) is 36.4 Å². The molecule has 0 aliphatic rings. The lowest BCUT2D eigenvalue weighted by atomic mass is 10.1. The Hall–Kier alpha value is -3.05. The third-order valence-electron chi connectivity index (χ3n) is 3.65. The van der Waals surface area contributed by atoms with E-state index in [1.54, 1.807) is 18.2 Å². The van der Waals surface area contributed by atoms with Gasteiger partial charge in [0, 0.05) is 16.8 Å². The van der Waals surface area contributed by atoms with Crippen LogP contribution in [0.4, 0.5) is 11.4 Å². The third kappa shape index (κ3) is 3.72. The van der Waals surface area contributed by atoms with Gasteiger partial charge in [-0.15, -0.1) is 0 Å². The molecule has 0 fully saturated rings. The zero-order valence-corrected chi connectivity index (χ0v) is 14.1. The van der Waals surface area contributed by atoms with Crippen molar-refractivity contribution < 1.29 is 14.3 Å². The molecule has 0 radical (unpaired) electrons. The van der Waals surface area contributed by atoms with Crippen molar-refractivity contribution in [3.8, 4) is 5.75 Å². The second kappa shape index (κ2) is 7.23. The van der Waals surface area contributed by atoms with Crippen molar-refractivity contribution >= 4 is 45.6 Å². The van der Waals surface area contributed by atoms with Crippen molar-refractivity contribution in [2.75, 3.05) is 17.7 Å². The molecule has 25 heavy (non-hydrogen) atoms. The first kappa shape index (κ1) is 16.8. The first-order valence-corrected chi connectivity index (χ1v) is 7.90. The highest BCUT2D eigenvalue weighted by Crippen LogP contribution is 2.27. The van der Waals surface area contributed by atoms with E-state index in [4.69, 9.17) is 16.3 Å². The van der Waals surface area contributed by atoms with Crippen molar-refractivity contribution in [1.29, 1.82) is 0 Å². The molecule has 0 unspecified atom stereocenters. The quantitative estimate of drug-likeness (QED) is 0.696. The number of ether oxygens (including phenoxy) is 1. The molecule has 0 heterocycles. The van der Waals surface area contributed by atoms with Crippen LogP contribution >= 0.6 is 11.6 Å². The molecule has 3 aromatic rings. The smallest absolute Gasteiger partial charge is 0.314 e. The number of nitrogens with one attached hydrogen (secondary N) is 2. The van der Waals surface area contributed by atoms with Crippen molar-refractivity contribution in [2.45, 2.75) is 0 Å². The third-order valence-corrected chi connectivity index (χ3v) is 3.95. The van der Waals surface area contributed by atoms with Gasteiger partial charge in [-0.3, -0.25) is 9.59 Å². The number of methoxy groups -OCH3 is 1. The lowest BCUT2D eigenvalue weighted by Crippen LogP contribution is -2.29. The maximum atomic E-state index is 12.2. The van der Waals surface area contributed by atoms with Gasteiger partial charge in [0.05, 0.1) is 12.1 Å². The Balaban J connectivity index is 1.74. The number of carbonyl (C=O) groups is 2. The molecule has 0 aliphatic heterocycles. The van der Waals surface area contributed by atoms with Crippen molar-refractivity contribution in [1.82, 2.24) is 0 Å². The van der Waals surface area contributed by atoms with Crippen LogP contribution < -0.4 is 15.4 Å². The summed E-state index contributed by atoms with van der Waals surface area (Å²) < 4.78 is 5.05. The maximum Gasteiger partial charge on any atom is 0.314 e. The molecular formula is C19H15ClN2O3. The molecule has 3 aromatic carbocycles. The maximum absolute atomic E-state index is 12.2. The van der Waals surface area contributed by atoms with Gasteiger partial charge in [0.15, 0.2) is 0 Å². The average Bonchev–Trinajstić information content (AvgIpc) is 2.62. The number of carbonyl (C=O) groups excluding carboxylic acids is 2. The highest BCUT2D eigenvalue weighted by atomic mass is 35.5. The molecule has 0 saturated carbocycles. The molecule has 0 aromatic heterocycles. The lowest BCUT2D eigenvalue weighted by Gasteiger charge is -2.10. The molecule has 0 atom stereocenters. The second-order valence-electron chi connectivity index (χ2n) is 5.28. The summed E-state index contributed by atoms with van der Waals surface area (Å²) in [5.41, 5.74) is 0.981. The Morgan fingerprint density at radius 3 is 2.40 bits per heavy atom. The average molecular weight is 355 g/mol.